The second-order valence-corrected chi connectivity index (χ2v) is 43.4. The number of hydrogen-bond donors (Lipinski definition) is 26. The van der Waals surface area contributed by atoms with E-state index in [1.165, 1.54) is 45.1 Å². The first-order valence-corrected chi connectivity index (χ1v) is 49.2. The predicted molar refractivity (Wildman–Crippen MR) is 479 cm³/mol. The Balaban J connectivity index is 0.802. The number of ether oxygens (including phenoxy) is 18. The third-order valence-electron chi connectivity index (χ3n) is 33.6. The van der Waals surface area contributed by atoms with E-state index in [9.17, 15) is 138 Å². The zero-order valence-corrected chi connectivity index (χ0v) is 82.0. The summed E-state index contributed by atoms with van der Waals surface area (Å²) in [7, 11) is 0. The highest BCUT2D eigenvalue weighted by atomic mass is 16.8. The Bertz CT molecular complexity index is 4370. The van der Waals surface area contributed by atoms with E-state index in [-0.39, 0.29) is 67.9 Å². The molecule has 50 atom stereocenters. The summed E-state index contributed by atoms with van der Waals surface area (Å²) in [5.41, 5.74) is -9.43. The predicted octanol–water partition coefficient (Wildman–Crippen LogP) is -7.09. The average Bonchev–Trinajstić information content (AvgIpc) is 1.15. The first-order valence-electron chi connectivity index (χ1n) is 49.2. The molecule has 0 amide bonds. The molecule has 0 bridgehead atoms. The molecule has 5 aliphatic carbocycles. The second kappa shape index (κ2) is 45.8. The minimum atomic E-state index is -2.31. The topological polar surface area (TPSA) is 743 Å². The highest BCUT2D eigenvalue weighted by Crippen LogP contribution is 2.76. The second-order valence-electron chi connectivity index (χ2n) is 43.4. The molecule has 0 radical (unpaired) electrons. The van der Waals surface area contributed by atoms with Gasteiger partial charge in [0.25, 0.3) is 0 Å². The van der Waals surface area contributed by atoms with Crippen LogP contribution in [0.15, 0.2) is 60.3 Å². The van der Waals surface area contributed by atoms with Crippen molar-refractivity contribution >= 4 is 17.9 Å². The fourth-order valence-electron chi connectivity index (χ4n) is 24.3. The van der Waals surface area contributed by atoms with E-state index < -0.39 is 379 Å². The van der Waals surface area contributed by atoms with Crippen molar-refractivity contribution in [1.29, 1.82) is 0 Å². The molecule has 47 heteroatoms. The number of aliphatic hydroxyl groups is 26. The maximum atomic E-state index is 16.9. The summed E-state index contributed by atoms with van der Waals surface area (Å²) in [5.74, 6) is -5.03. The molecule has 0 aromatic rings. The molecule has 8 saturated heterocycles. The van der Waals surface area contributed by atoms with Crippen LogP contribution in [0.2, 0.25) is 0 Å². The van der Waals surface area contributed by atoms with Crippen LogP contribution in [0.5, 0.6) is 0 Å². The van der Waals surface area contributed by atoms with Gasteiger partial charge in [-0.2, -0.15) is 0 Å². The number of fused-ring (bicyclic) bond motifs is 7. The van der Waals surface area contributed by atoms with Gasteiger partial charge in [-0.25, -0.2) is 9.59 Å². The Kier molecular flexibility index (Phi) is 37.0. The van der Waals surface area contributed by atoms with Crippen LogP contribution < -0.4 is 0 Å². The number of hydrogen-bond acceptors (Lipinski definition) is 47. The van der Waals surface area contributed by atoms with Crippen molar-refractivity contribution in [3.05, 3.63) is 60.3 Å². The van der Waals surface area contributed by atoms with E-state index >= 15 is 9.59 Å². The number of allylic oxidation sites excluding steroid dienone is 4. The summed E-state index contributed by atoms with van der Waals surface area (Å²) in [5, 5.41) is 290. The van der Waals surface area contributed by atoms with E-state index in [1.807, 2.05) is 20.8 Å². The Morgan fingerprint density at radius 3 is 1.46 bits per heavy atom. The minimum absolute atomic E-state index is 0.0640. The molecule has 12 fully saturated rings. The molecular formula is C96H152O47. The van der Waals surface area contributed by atoms with Gasteiger partial charge >= 0.3 is 17.9 Å². The van der Waals surface area contributed by atoms with Crippen molar-refractivity contribution in [2.45, 2.75) is 416 Å². The van der Waals surface area contributed by atoms with Crippen molar-refractivity contribution in [2.24, 2.45) is 50.2 Å². The number of aliphatic hydroxyl groups excluding tert-OH is 25. The van der Waals surface area contributed by atoms with Gasteiger partial charge in [0.1, 0.15) is 170 Å². The van der Waals surface area contributed by atoms with Crippen LogP contribution in [0.4, 0.5) is 0 Å². The van der Waals surface area contributed by atoms with Crippen LogP contribution in [0.25, 0.3) is 0 Å². The molecule has 143 heavy (non-hydrogen) atoms. The first kappa shape index (κ1) is 116. The summed E-state index contributed by atoms with van der Waals surface area (Å²) >= 11 is 0. The molecule has 2 unspecified atom stereocenters. The summed E-state index contributed by atoms with van der Waals surface area (Å²) in [4.78, 5) is 45.3. The Morgan fingerprint density at radius 1 is 0.448 bits per heavy atom. The standard InChI is InChI=1S/C96H152O47/c1-14-91(9,125)24-16-18-42(32-98)79(123)137-73-39(3)129-85(71(120)66(73)115)143-92(10,15-2)25-17-19-41(31-97)78(122)135-55-30-96(88(124)142-87-77(64(113)59(108)48(35-101)133-87)141-84-72(121)75(139-82-69(118)62(111)57(106)46(33-99)130-82)74(40(4)128-84)138-81-68(117)60(109)49(36-102)132-81)44(28-89(55,5)6)43-20-21-52-93(11)26-23-54(90(7,8)51(93)22-27-94(52,12)95(43,13)29-53(96)104)136-86-76(140-83-70(119)63(112)58(107)47(34-100)131-83)65(114)61(110)50(134-86)38-127-80-67(116)56(105)45(103)37-126-80/h14-15,18-20,39-40,44-77,80-87,97-121,125H,1-2,16-17,21-38H2,3-13H3/b41-19+,42-18+/t39-,40+,44+,45+,46-,47-,48-,49+,50-,51+,52-,53-,54+,55?,56+,57-,58-,59-,60+,61-,62+,63+,64+,65+,66-,67-,68-,69-,70-,71-,72-,73-,74+,75+,76-,77-,80+,81+,82+,83+,84+,85+,86+,87+,91?,92-,93+,94-,95-,96-/m1/s1. The average molecular weight is 2060 g/mol. The molecule has 13 rings (SSSR count). The van der Waals surface area contributed by atoms with Gasteiger partial charge in [-0.3, -0.25) is 4.79 Å². The minimum Gasteiger partial charge on any atom is -0.458 e. The van der Waals surface area contributed by atoms with Crippen molar-refractivity contribution in [3.63, 3.8) is 0 Å². The van der Waals surface area contributed by atoms with E-state index in [0.29, 0.717) is 31.3 Å². The summed E-state index contributed by atoms with van der Waals surface area (Å²) < 4.78 is 110. The third-order valence-corrected chi connectivity index (χ3v) is 33.6. The van der Waals surface area contributed by atoms with Crippen LogP contribution in [-0.4, -0.2) is 466 Å². The molecule has 8 heterocycles. The van der Waals surface area contributed by atoms with Gasteiger partial charge in [0, 0.05) is 11.8 Å². The van der Waals surface area contributed by atoms with Gasteiger partial charge in [0.15, 0.2) is 56.2 Å². The number of carbonyl (C=O) groups excluding carboxylic acids is 3. The third kappa shape index (κ3) is 22.4. The zero-order valence-electron chi connectivity index (χ0n) is 82.0. The van der Waals surface area contributed by atoms with Gasteiger partial charge in [-0.15, -0.1) is 13.2 Å². The lowest BCUT2D eigenvalue weighted by Crippen LogP contribution is -2.70. The van der Waals surface area contributed by atoms with Crippen LogP contribution in [0.1, 0.15) is 153 Å². The van der Waals surface area contributed by atoms with E-state index in [4.69, 9.17) is 85.3 Å². The van der Waals surface area contributed by atoms with Crippen LogP contribution in [-0.2, 0) is 99.6 Å². The lowest BCUT2D eigenvalue weighted by Gasteiger charge is -2.72. The van der Waals surface area contributed by atoms with Crippen LogP contribution in [0, 0.1) is 50.2 Å². The maximum absolute atomic E-state index is 16.9. The monoisotopic (exact) mass is 2060 g/mol. The smallest absolute Gasteiger partial charge is 0.336 e. The molecule has 26 N–H and O–H groups in total. The summed E-state index contributed by atoms with van der Waals surface area (Å²) in [6, 6.07) is 0. The van der Waals surface area contributed by atoms with Gasteiger partial charge in [0.2, 0.25) is 6.29 Å². The molecule has 0 aromatic heterocycles. The fraction of sp³-hybridized carbons (Fsp3) is 0.865. The number of esters is 3. The molecule has 4 saturated carbocycles. The lowest BCUT2D eigenvalue weighted by molar-refractivity contribution is -0.390. The zero-order chi connectivity index (χ0) is 105. The fourth-order valence-corrected chi connectivity index (χ4v) is 24.3. The van der Waals surface area contributed by atoms with Gasteiger partial charge in [-0.1, -0.05) is 84.4 Å². The normalized spacial score (nSPS) is 48.2. The lowest BCUT2D eigenvalue weighted by atomic mass is 9.33. The Hall–Kier alpha value is -4.53. The van der Waals surface area contributed by atoms with Crippen molar-refractivity contribution in [2.75, 3.05) is 52.9 Å². The van der Waals surface area contributed by atoms with Crippen molar-refractivity contribution < 1.29 is 232 Å². The van der Waals surface area contributed by atoms with E-state index in [0.717, 1.165) is 0 Å². The summed E-state index contributed by atoms with van der Waals surface area (Å²) in [6.45, 7) is 20.7. The van der Waals surface area contributed by atoms with E-state index in [2.05, 4.69) is 33.1 Å². The van der Waals surface area contributed by atoms with Gasteiger partial charge < -0.3 is 218 Å². The number of rotatable bonds is 35. The van der Waals surface area contributed by atoms with Crippen LogP contribution in [0.3, 0.4) is 0 Å². The van der Waals surface area contributed by atoms with Gasteiger partial charge in [-0.05, 0) is 138 Å². The quantitative estimate of drug-likeness (QED) is 0.00922. The highest BCUT2D eigenvalue weighted by Gasteiger charge is 2.74. The molecule has 13 aliphatic rings. The first-order chi connectivity index (χ1) is 67.1. The Morgan fingerprint density at radius 2 is 0.909 bits per heavy atom. The van der Waals surface area contributed by atoms with Crippen molar-refractivity contribution in [3.8, 4) is 0 Å². The summed E-state index contributed by atoms with van der Waals surface area (Å²) in [6.07, 6.45) is -64.9. The largest absolute Gasteiger partial charge is 0.458 e. The molecule has 47 nitrogen and oxygen atoms in total. The maximum Gasteiger partial charge on any atom is 0.336 e. The van der Waals surface area contributed by atoms with Gasteiger partial charge in [0.05, 0.1) is 99.6 Å². The Labute approximate surface area is 826 Å². The SMILES string of the molecule is C=CC(C)(O)CC/C=C(\CO)C(=O)O[C@H]1[C@H](O)[C@@H](O)[C@H](O[C@](C)(C=C)CC/C=C(\CO)C(=O)OC2C[C@]3(C(=O)O[C@@H]4O[C@H](CO)[C@@H](O)[C@H](O)[C@H]4O[C@@H]4O[C@@H](C)[C@H](O[C@@H]5O[C@@H](CO)[C@H](O)[C@H]5O)[C@@H](O[C@@H]5O[C@H](CO)[C@@H](O)[C@H](O)[C@H]5O)[C@H]4O)[C@H](O)C[C@]4(C)C(=CC[C@@H]5[C@@]6(C)CC[C@H](O[C@@H]7O[C@H](CO[C@@H]8OC[C@H](O)[C@H](O)[C@H]8O)[C@@H](O)[C@H](O)[C@H]7O[C@@H]7O[C@H](CO)[C@@H](O)[C@H](O)[C@H]7O)C(C)(C)[C@@H]6CC[C@]54C)[C@@H]3CC2(C)C)O[C@@H]1C. The van der Waals surface area contributed by atoms with Crippen LogP contribution >= 0.6 is 0 Å². The molecule has 818 valence electrons. The molecule has 8 aliphatic heterocycles. The molecule has 0 aromatic carbocycles. The van der Waals surface area contributed by atoms with Crippen molar-refractivity contribution in [1.82, 2.24) is 0 Å². The molecular weight excluding hydrogens is 1910 g/mol. The highest BCUT2D eigenvalue weighted by molar-refractivity contribution is 5.89. The van der Waals surface area contributed by atoms with E-state index in [1.54, 1.807) is 20.8 Å². The number of carbonyl (C=O) groups is 3. The molecule has 0 spiro atoms.